The SMILES string of the molecule is C=CCn1c(=O)[nH]c2ccc(Cl)cc2c1=O. The Morgan fingerprint density at radius 2 is 2.19 bits per heavy atom. The lowest BCUT2D eigenvalue weighted by atomic mass is 10.2. The van der Waals surface area contributed by atoms with E-state index < -0.39 is 5.69 Å². The second-order valence-electron chi connectivity index (χ2n) is 3.32. The number of aromatic amines is 1. The number of halogens is 1. The van der Waals surface area contributed by atoms with Gasteiger partial charge >= 0.3 is 5.69 Å². The fourth-order valence-corrected chi connectivity index (χ4v) is 1.69. The molecule has 0 saturated carbocycles. The molecule has 0 atom stereocenters. The topological polar surface area (TPSA) is 54.9 Å². The molecule has 0 aliphatic heterocycles. The van der Waals surface area contributed by atoms with Crippen LogP contribution >= 0.6 is 11.6 Å². The van der Waals surface area contributed by atoms with E-state index in [4.69, 9.17) is 11.6 Å². The Bertz CT molecular complexity index is 670. The Morgan fingerprint density at radius 3 is 2.88 bits per heavy atom. The van der Waals surface area contributed by atoms with Gasteiger partial charge < -0.3 is 4.98 Å². The minimum absolute atomic E-state index is 0.177. The molecule has 0 aliphatic rings. The summed E-state index contributed by atoms with van der Waals surface area (Å²) < 4.78 is 1.08. The molecule has 1 aromatic carbocycles. The maximum absolute atomic E-state index is 11.9. The molecule has 1 N–H and O–H groups in total. The van der Waals surface area contributed by atoms with E-state index in [1.807, 2.05) is 0 Å². The third-order valence-electron chi connectivity index (χ3n) is 2.26. The van der Waals surface area contributed by atoms with Crippen LogP contribution in [0.5, 0.6) is 0 Å². The summed E-state index contributed by atoms with van der Waals surface area (Å²) in [6.45, 7) is 3.67. The maximum Gasteiger partial charge on any atom is 0.329 e. The number of benzene rings is 1. The number of hydrogen-bond acceptors (Lipinski definition) is 2. The van der Waals surface area contributed by atoms with E-state index in [2.05, 4.69) is 11.6 Å². The maximum atomic E-state index is 11.9. The summed E-state index contributed by atoms with van der Waals surface area (Å²) in [5, 5.41) is 0.857. The van der Waals surface area contributed by atoms with Crippen LogP contribution in [0.15, 0.2) is 40.4 Å². The molecule has 0 spiro atoms. The first-order valence-electron chi connectivity index (χ1n) is 4.67. The predicted octanol–water partition coefficient (Wildman–Crippen LogP) is 1.53. The zero-order chi connectivity index (χ0) is 11.7. The Labute approximate surface area is 95.8 Å². The van der Waals surface area contributed by atoms with E-state index >= 15 is 0 Å². The lowest BCUT2D eigenvalue weighted by Gasteiger charge is -2.03. The highest BCUT2D eigenvalue weighted by atomic mass is 35.5. The van der Waals surface area contributed by atoms with Crippen molar-refractivity contribution in [1.29, 1.82) is 0 Å². The third-order valence-corrected chi connectivity index (χ3v) is 2.49. The molecule has 0 saturated heterocycles. The van der Waals surface area contributed by atoms with Crippen LogP contribution in [0.1, 0.15) is 0 Å². The van der Waals surface area contributed by atoms with Crippen molar-refractivity contribution in [2.45, 2.75) is 6.54 Å². The van der Waals surface area contributed by atoms with Gasteiger partial charge in [0.25, 0.3) is 5.56 Å². The zero-order valence-electron chi connectivity index (χ0n) is 8.37. The number of allylic oxidation sites excluding steroid dienone is 1. The number of hydrogen-bond donors (Lipinski definition) is 1. The number of nitrogens with one attached hydrogen (secondary N) is 1. The van der Waals surface area contributed by atoms with Gasteiger partial charge in [0.05, 0.1) is 10.9 Å². The molecule has 2 aromatic rings. The summed E-state index contributed by atoms with van der Waals surface area (Å²) in [5.74, 6) is 0. The van der Waals surface area contributed by atoms with Crippen LogP contribution in [0.4, 0.5) is 0 Å². The summed E-state index contributed by atoms with van der Waals surface area (Å²) in [6, 6.07) is 4.77. The first-order valence-corrected chi connectivity index (χ1v) is 5.04. The van der Waals surface area contributed by atoms with Gasteiger partial charge in [0, 0.05) is 11.6 Å². The summed E-state index contributed by atoms with van der Waals surface area (Å²) >= 11 is 5.80. The lowest BCUT2D eigenvalue weighted by molar-refractivity contribution is 0.728. The van der Waals surface area contributed by atoms with E-state index in [1.54, 1.807) is 12.1 Å². The highest BCUT2D eigenvalue weighted by Gasteiger charge is 2.06. The van der Waals surface area contributed by atoms with E-state index in [1.165, 1.54) is 12.1 Å². The molecular weight excluding hydrogens is 228 g/mol. The molecule has 2 rings (SSSR count). The first-order chi connectivity index (χ1) is 7.63. The minimum atomic E-state index is -0.445. The summed E-state index contributed by atoms with van der Waals surface area (Å²) in [5.41, 5.74) is -0.319. The quantitative estimate of drug-likeness (QED) is 0.804. The highest BCUT2D eigenvalue weighted by Crippen LogP contribution is 2.13. The summed E-state index contributed by atoms with van der Waals surface area (Å²) in [6.07, 6.45) is 1.49. The van der Waals surface area contributed by atoms with Crippen LogP contribution in [-0.2, 0) is 6.54 Å². The minimum Gasteiger partial charge on any atom is -0.307 e. The highest BCUT2D eigenvalue weighted by molar-refractivity contribution is 6.31. The molecular formula is C11H9ClN2O2. The molecule has 0 amide bonds. The predicted molar refractivity (Wildman–Crippen MR) is 64.0 cm³/mol. The second kappa shape index (κ2) is 3.98. The van der Waals surface area contributed by atoms with E-state index in [-0.39, 0.29) is 12.1 Å². The van der Waals surface area contributed by atoms with Gasteiger partial charge in [0.1, 0.15) is 0 Å². The smallest absolute Gasteiger partial charge is 0.307 e. The van der Waals surface area contributed by atoms with Crippen molar-refractivity contribution >= 4 is 22.5 Å². The van der Waals surface area contributed by atoms with Gasteiger partial charge in [-0.15, -0.1) is 6.58 Å². The normalized spacial score (nSPS) is 10.6. The fraction of sp³-hybridized carbons (Fsp3) is 0.0909. The van der Waals surface area contributed by atoms with Gasteiger partial charge in [-0.25, -0.2) is 4.79 Å². The van der Waals surface area contributed by atoms with Crippen LogP contribution in [-0.4, -0.2) is 9.55 Å². The standard InChI is InChI=1S/C11H9ClN2O2/c1-2-5-14-10(15)8-6-7(12)3-4-9(8)13-11(14)16/h2-4,6H,1,5H2,(H,13,16). The van der Waals surface area contributed by atoms with Gasteiger partial charge in [-0.05, 0) is 18.2 Å². The summed E-state index contributed by atoms with van der Waals surface area (Å²) in [7, 11) is 0. The average Bonchev–Trinajstić information content (AvgIpc) is 2.26. The van der Waals surface area contributed by atoms with Crippen LogP contribution in [0.2, 0.25) is 5.02 Å². The van der Waals surface area contributed by atoms with Gasteiger partial charge in [0.15, 0.2) is 0 Å². The largest absolute Gasteiger partial charge is 0.329 e. The molecule has 0 aliphatic carbocycles. The molecule has 4 nitrogen and oxygen atoms in total. The molecule has 1 aromatic heterocycles. The number of rotatable bonds is 2. The van der Waals surface area contributed by atoms with Crippen molar-refractivity contribution in [2.24, 2.45) is 0 Å². The average molecular weight is 237 g/mol. The van der Waals surface area contributed by atoms with Gasteiger partial charge in [-0.1, -0.05) is 17.7 Å². The monoisotopic (exact) mass is 236 g/mol. The molecule has 5 heteroatoms. The van der Waals surface area contributed by atoms with Crippen molar-refractivity contribution in [2.75, 3.05) is 0 Å². The summed E-state index contributed by atoms with van der Waals surface area (Å²) in [4.78, 5) is 26.1. The van der Waals surface area contributed by atoms with Crippen LogP contribution < -0.4 is 11.2 Å². The molecule has 0 unspecified atom stereocenters. The van der Waals surface area contributed by atoms with Gasteiger partial charge in [0.2, 0.25) is 0 Å². The number of nitrogens with zero attached hydrogens (tertiary/aromatic N) is 1. The van der Waals surface area contributed by atoms with Crippen molar-refractivity contribution in [3.63, 3.8) is 0 Å². The van der Waals surface area contributed by atoms with Gasteiger partial charge in [-0.2, -0.15) is 0 Å². The lowest BCUT2D eigenvalue weighted by Crippen LogP contribution is -2.34. The van der Waals surface area contributed by atoms with E-state index in [0.717, 1.165) is 4.57 Å². The number of fused-ring (bicyclic) bond motifs is 1. The van der Waals surface area contributed by atoms with Crippen molar-refractivity contribution < 1.29 is 0 Å². The number of aromatic nitrogens is 2. The zero-order valence-corrected chi connectivity index (χ0v) is 9.12. The third kappa shape index (κ3) is 1.67. The van der Waals surface area contributed by atoms with Crippen molar-refractivity contribution in [3.05, 3.63) is 56.7 Å². The van der Waals surface area contributed by atoms with Crippen molar-refractivity contribution in [1.82, 2.24) is 9.55 Å². The number of H-pyrrole nitrogens is 1. The molecule has 0 bridgehead atoms. The fourth-order valence-electron chi connectivity index (χ4n) is 1.52. The molecule has 1 heterocycles. The van der Waals surface area contributed by atoms with E-state index in [0.29, 0.717) is 15.9 Å². The Morgan fingerprint density at radius 1 is 1.44 bits per heavy atom. The Kier molecular flexibility index (Phi) is 2.66. The molecule has 16 heavy (non-hydrogen) atoms. The second-order valence-corrected chi connectivity index (χ2v) is 3.76. The van der Waals surface area contributed by atoms with Gasteiger partial charge in [-0.3, -0.25) is 9.36 Å². The van der Waals surface area contributed by atoms with Crippen LogP contribution in [0.3, 0.4) is 0 Å². The van der Waals surface area contributed by atoms with Crippen molar-refractivity contribution in [3.8, 4) is 0 Å². The van der Waals surface area contributed by atoms with E-state index in [9.17, 15) is 9.59 Å². The Balaban J connectivity index is 2.90. The molecule has 0 radical (unpaired) electrons. The Hall–Kier alpha value is -1.81. The first kappa shape index (κ1) is 10.7. The molecule has 82 valence electrons. The van der Waals surface area contributed by atoms with Crippen LogP contribution in [0.25, 0.3) is 10.9 Å². The molecule has 0 fully saturated rings. The van der Waals surface area contributed by atoms with Crippen LogP contribution in [0, 0.1) is 0 Å².